The zero-order valence-corrected chi connectivity index (χ0v) is 16.4. The summed E-state index contributed by atoms with van der Waals surface area (Å²) >= 11 is 6.69. The van der Waals surface area contributed by atoms with Crippen LogP contribution in [-0.4, -0.2) is 5.91 Å². The lowest BCUT2D eigenvalue weighted by Gasteiger charge is -2.60. The molecule has 1 heterocycles. The average Bonchev–Trinajstić information content (AvgIpc) is 2.67. The molecule has 142 valence electrons. The van der Waals surface area contributed by atoms with Gasteiger partial charge in [-0.15, -0.1) is 0 Å². The highest BCUT2D eigenvalue weighted by molar-refractivity contribution is 6.35. The summed E-state index contributed by atoms with van der Waals surface area (Å²) in [5.74, 6) is 0.493. The molecule has 1 amide bonds. The van der Waals surface area contributed by atoms with Gasteiger partial charge in [-0.25, -0.2) is 0 Å². The van der Waals surface area contributed by atoms with Crippen LogP contribution in [0.3, 0.4) is 0 Å². The van der Waals surface area contributed by atoms with Crippen molar-refractivity contribution in [3.8, 4) is 12.1 Å². The van der Waals surface area contributed by atoms with Gasteiger partial charge in [0.1, 0.15) is 11.1 Å². The third-order valence-corrected chi connectivity index (χ3v) is 7.94. The van der Waals surface area contributed by atoms with E-state index in [4.69, 9.17) is 11.6 Å². The minimum absolute atomic E-state index is 0.126. The highest BCUT2D eigenvalue weighted by atomic mass is 35.5. The molecule has 2 atom stereocenters. The molecule has 5 heteroatoms. The predicted octanol–water partition coefficient (Wildman–Crippen LogP) is 4.98. The largest absolute Gasteiger partial charge is 0.273 e. The lowest BCUT2D eigenvalue weighted by Crippen LogP contribution is -2.55. The fourth-order valence-electron chi connectivity index (χ4n) is 7.08. The van der Waals surface area contributed by atoms with Crippen molar-refractivity contribution in [1.29, 1.82) is 10.5 Å². The van der Waals surface area contributed by atoms with E-state index in [2.05, 4.69) is 12.1 Å². The molecule has 4 saturated carbocycles. The Morgan fingerprint density at radius 3 is 2.07 bits per heavy atom. The molecule has 0 N–H and O–H groups in total. The van der Waals surface area contributed by atoms with E-state index in [1.54, 1.807) is 12.1 Å². The summed E-state index contributed by atoms with van der Waals surface area (Å²) < 4.78 is 0. The van der Waals surface area contributed by atoms with Crippen molar-refractivity contribution in [1.82, 2.24) is 0 Å². The Hall–Kier alpha value is -2.30. The van der Waals surface area contributed by atoms with E-state index in [1.807, 2.05) is 18.2 Å². The van der Waals surface area contributed by atoms with Gasteiger partial charge in [0, 0.05) is 11.6 Å². The van der Waals surface area contributed by atoms with E-state index in [-0.39, 0.29) is 22.4 Å². The second-order valence-corrected chi connectivity index (χ2v) is 9.55. The number of para-hydroxylation sites is 1. The molecule has 0 saturated heterocycles. The molecule has 1 aromatic carbocycles. The Morgan fingerprint density at radius 2 is 1.57 bits per heavy atom. The number of nitrogens with zero attached hydrogens (tertiary/aromatic N) is 3. The van der Waals surface area contributed by atoms with E-state index in [1.165, 1.54) is 24.2 Å². The second kappa shape index (κ2) is 6.36. The quantitative estimate of drug-likeness (QED) is 0.667. The summed E-state index contributed by atoms with van der Waals surface area (Å²) in [5, 5.41) is 20.3. The minimum atomic E-state index is -0.853. The number of anilines is 1. The van der Waals surface area contributed by atoms with E-state index in [0.717, 1.165) is 19.3 Å². The van der Waals surface area contributed by atoms with Crippen LogP contribution in [-0.2, 0) is 4.79 Å². The molecule has 0 radical (unpaired) electrons. The van der Waals surface area contributed by atoms with Crippen molar-refractivity contribution in [2.75, 3.05) is 4.90 Å². The van der Waals surface area contributed by atoms with Gasteiger partial charge in [0.2, 0.25) is 5.91 Å². The summed E-state index contributed by atoms with van der Waals surface area (Å²) in [5.41, 5.74) is 0.909. The number of carbonyl (C=O) groups is 1. The molecule has 4 aliphatic carbocycles. The molecule has 5 aliphatic rings. The van der Waals surface area contributed by atoms with Crippen LogP contribution >= 0.6 is 11.6 Å². The van der Waals surface area contributed by atoms with Gasteiger partial charge in [-0.2, -0.15) is 10.5 Å². The first-order chi connectivity index (χ1) is 13.6. The lowest BCUT2D eigenvalue weighted by molar-refractivity contribution is -0.129. The molecule has 1 aromatic rings. The SMILES string of the molecule is N#CC1=C(Cl)N(c2ccccc2)C(=O)[C@@H](C#N)[C@@H]1C12CC3CC(CC(C3)C1)C2. The first-order valence-corrected chi connectivity index (χ1v) is 10.5. The number of rotatable bonds is 2. The zero-order valence-electron chi connectivity index (χ0n) is 15.6. The standard InChI is InChI=1S/C23H22ClN3O/c24-21-18(12-25)20(23-9-14-6-15(10-23)8-16(7-14)11-23)19(13-26)22(28)27(21)17-4-2-1-3-5-17/h1-5,14-16,19-20H,6-11H2/t14?,15?,16?,19-,20+,23?/m0/s1. The Labute approximate surface area is 170 Å². The summed E-state index contributed by atoms with van der Waals surface area (Å²) in [7, 11) is 0. The maximum absolute atomic E-state index is 13.4. The maximum atomic E-state index is 13.4. The Morgan fingerprint density at radius 1 is 1.00 bits per heavy atom. The average molecular weight is 392 g/mol. The Kier molecular flexibility index (Phi) is 4.04. The van der Waals surface area contributed by atoms with E-state index >= 15 is 0 Å². The molecule has 6 rings (SSSR count). The number of nitriles is 2. The Balaban J connectivity index is 1.64. The van der Waals surface area contributed by atoms with Crippen molar-refractivity contribution in [3.05, 3.63) is 41.1 Å². The van der Waals surface area contributed by atoms with Crippen LogP contribution in [0.4, 0.5) is 5.69 Å². The molecule has 28 heavy (non-hydrogen) atoms. The molecule has 4 nitrogen and oxygen atoms in total. The third-order valence-electron chi connectivity index (χ3n) is 7.57. The van der Waals surface area contributed by atoms with Crippen LogP contribution in [0, 0.1) is 57.7 Å². The van der Waals surface area contributed by atoms with Gasteiger partial charge in [0.05, 0.1) is 17.7 Å². The van der Waals surface area contributed by atoms with Gasteiger partial charge in [0.25, 0.3) is 0 Å². The van der Waals surface area contributed by atoms with E-state index < -0.39 is 5.92 Å². The highest BCUT2D eigenvalue weighted by Crippen LogP contribution is 2.65. The smallest absolute Gasteiger partial charge is 0.250 e. The number of hydrogen-bond donors (Lipinski definition) is 0. The van der Waals surface area contributed by atoms with E-state index in [0.29, 0.717) is 29.0 Å². The normalized spacial score (nSPS) is 39.0. The molecule has 0 aromatic heterocycles. The minimum Gasteiger partial charge on any atom is -0.273 e. The first-order valence-electron chi connectivity index (χ1n) is 10.1. The van der Waals surface area contributed by atoms with Gasteiger partial charge >= 0.3 is 0 Å². The highest BCUT2D eigenvalue weighted by Gasteiger charge is 2.60. The van der Waals surface area contributed by atoms with Crippen LogP contribution in [0.25, 0.3) is 0 Å². The monoisotopic (exact) mass is 391 g/mol. The first kappa shape index (κ1) is 17.8. The van der Waals surface area contributed by atoms with Crippen LogP contribution in [0.2, 0.25) is 0 Å². The number of benzene rings is 1. The van der Waals surface area contributed by atoms with Gasteiger partial charge < -0.3 is 0 Å². The van der Waals surface area contributed by atoms with Gasteiger partial charge in [-0.05, 0) is 73.8 Å². The topological polar surface area (TPSA) is 67.9 Å². The number of halogens is 1. The number of amides is 1. The molecule has 4 fully saturated rings. The molecule has 1 aliphatic heterocycles. The van der Waals surface area contributed by atoms with Gasteiger partial charge in [-0.1, -0.05) is 29.8 Å². The van der Waals surface area contributed by atoms with Gasteiger partial charge in [-0.3, -0.25) is 9.69 Å². The van der Waals surface area contributed by atoms with Gasteiger partial charge in [0.15, 0.2) is 0 Å². The molecule has 4 bridgehead atoms. The summed E-state index contributed by atoms with van der Waals surface area (Å²) in [6, 6.07) is 13.7. The number of hydrogen-bond acceptors (Lipinski definition) is 3. The summed E-state index contributed by atoms with van der Waals surface area (Å²) in [6.07, 6.45) is 6.88. The Bertz CT molecular complexity index is 904. The molecular formula is C23H22ClN3O. The summed E-state index contributed by atoms with van der Waals surface area (Å²) in [4.78, 5) is 14.8. The maximum Gasteiger partial charge on any atom is 0.250 e. The third kappa shape index (κ3) is 2.44. The van der Waals surface area contributed by atoms with Crippen molar-refractivity contribution in [2.45, 2.75) is 38.5 Å². The second-order valence-electron chi connectivity index (χ2n) is 9.19. The molecule has 0 unspecified atom stereocenters. The van der Waals surface area contributed by atoms with Crippen molar-refractivity contribution < 1.29 is 4.79 Å². The number of allylic oxidation sites excluding steroid dienone is 1. The molecule has 0 spiro atoms. The predicted molar refractivity (Wildman–Crippen MR) is 106 cm³/mol. The van der Waals surface area contributed by atoms with E-state index in [9.17, 15) is 15.3 Å². The van der Waals surface area contributed by atoms with Crippen molar-refractivity contribution in [2.24, 2.45) is 35.0 Å². The summed E-state index contributed by atoms with van der Waals surface area (Å²) in [6.45, 7) is 0. The van der Waals surface area contributed by atoms with Crippen LogP contribution in [0.1, 0.15) is 38.5 Å². The zero-order chi connectivity index (χ0) is 19.5. The van der Waals surface area contributed by atoms with Crippen molar-refractivity contribution >= 4 is 23.2 Å². The van der Waals surface area contributed by atoms with Crippen LogP contribution in [0.15, 0.2) is 41.1 Å². The van der Waals surface area contributed by atoms with Crippen molar-refractivity contribution in [3.63, 3.8) is 0 Å². The number of carbonyl (C=O) groups excluding carboxylic acids is 1. The van der Waals surface area contributed by atoms with Crippen LogP contribution in [0.5, 0.6) is 0 Å². The molecular weight excluding hydrogens is 370 g/mol. The fraction of sp³-hybridized carbons (Fsp3) is 0.522. The van der Waals surface area contributed by atoms with Crippen LogP contribution < -0.4 is 4.90 Å². The lowest BCUT2D eigenvalue weighted by atomic mass is 9.44. The fourth-order valence-corrected chi connectivity index (χ4v) is 7.42.